The van der Waals surface area contributed by atoms with Crippen molar-refractivity contribution in [2.45, 2.75) is 74.0 Å². The molecule has 4 aromatic rings. The third-order valence-corrected chi connectivity index (χ3v) is 12.3. The molecule has 2 aliphatic rings. The third-order valence-electron chi connectivity index (χ3n) is 10.9. The molecule has 6 rings (SSSR count). The van der Waals surface area contributed by atoms with Gasteiger partial charge in [0.1, 0.15) is 46.4 Å². The molecule has 2 heterocycles. The van der Waals surface area contributed by atoms with Gasteiger partial charge >= 0.3 is 12.3 Å². The number of nitrogens with zero attached hydrogens (tertiary/aromatic N) is 3. The number of hydrogen-bond acceptors (Lipinski definition) is 11. The highest BCUT2D eigenvalue weighted by Crippen LogP contribution is 2.45. The van der Waals surface area contributed by atoms with Crippen LogP contribution in [0.25, 0.3) is 22.2 Å². The lowest BCUT2D eigenvalue weighted by molar-refractivity contribution is -0.143. The van der Waals surface area contributed by atoms with Crippen LogP contribution >= 0.6 is 0 Å². The van der Waals surface area contributed by atoms with Crippen molar-refractivity contribution in [2.24, 2.45) is 5.92 Å². The first-order chi connectivity index (χ1) is 31.0. The number of nitrogens with one attached hydrogen (secondary N) is 3. The highest BCUT2D eigenvalue weighted by Gasteiger charge is 2.61. The molecule has 1 aliphatic carbocycles. The van der Waals surface area contributed by atoms with Crippen molar-refractivity contribution in [1.29, 1.82) is 0 Å². The molecule has 3 aromatic carbocycles. The van der Waals surface area contributed by atoms with Crippen LogP contribution in [0.3, 0.4) is 0 Å². The number of hydrogen-bond donors (Lipinski definition) is 3. The molecule has 350 valence electrons. The first kappa shape index (κ1) is 48.5. The van der Waals surface area contributed by atoms with Gasteiger partial charge in [-0.05, 0) is 51.5 Å². The highest BCUT2D eigenvalue weighted by molar-refractivity contribution is 7.90. The summed E-state index contributed by atoms with van der Waals surface area (Å²) in [7, 11) is -1.95. The lowest BCUT2D eigenvalue weighted by atomic mass is 10.1. The fourth-order valence-corrected chi connectivity index (χ4v) is 8.52. The summed E-state index contributed by atoms with van der Waals surface area (Å²) in [4.78, 5) is 75.6. The molecule has 20 heteroatoms. The van der Waals surface area contributed by atoms with Crippen LogP contribution in [0, 0.1) is 5.92 Å². The van der Waals surface area contributed by atoms with Gasteiger partial charge in [0, 0.05) is 42.5 Å². The monoisotopic (exact) mass is 934 g/mol. The lowest BCUT2D eigenvalue weighted by Crippen LogP contribution is -2.60. The van der Waals surface area contributed by atoms with E-state index in [1.54, 1.807) is 30.3 Å². The number of likely N-dealkylation sites (tertiary alicyclic amines) is 1. The minimum Gasteiger partial charge on any atom is -0.497 e. The van der Waals surface area contributed by atoms with Crippen LogP contribution in [0.15, 0.2) is 115 Å². The normalized spacial score (nSPS) is 19.8. The SMILES string of the molecule is C=C[C@@H]1C[C@]1(NC(=O)[C@@H]1C[C@@H](Oc2cc(-c3ccccc3)nc3cc(OC)ccc23)CN1C(=O)[C@H](CN(C)C(=O)C(=C)C(F)(F)F)NC(=O)OC(C)(C)C)C(=O)NS(=O)(=O)c1ccccc1. The first-order valence-electron chi connectivity index (χ1n) is 20.6. The molecule has 3 N–H and O–H groups in total. The van der Waals surface area contributed by atoms with Crippen molar-refractivity contribution in [1.82, 2.24) is 30.1 Å². The maximum absolute atomic E-state index is 14.8. The van der Waals surface area contributed by atoms with Crippen LogP contribution in [0.4, 0.5) is 18.0 Å². The molecule has 1 saturated heterocycles. The summed E-state index contributed by atoms with van der Waals surface area (Å²) in [5.74, 6) is -4.61. The van der Waals surface area contributed by atoms with E-state index in [1.165, 1.54) is 58.2 Å². The predicted octanol–water partition coefficient (Wildman–Crippen LogP) is 5.29. The van der Waals surface area contributed by atoms with Crippen LogP contribution in [0.2, 0.25) is 0 Å². The molecule has 0 radical (unpaired) electrons. The molecule has 1 saturated carbocycles. The summed E-state index contributed by atoms with van der Waals surface area (Å²) < 4.78 is 86.7. The number of halogens is 3. The lowest BCUT2D eigenvalue weighted by Gasteiger charge is -2.32. The molecule has 1 aliphatic heterocycles. The second-order valence-electron chi connectivity index (χ2n) is 16.9. The van der Waals surface area contributed by atoms with E-state index >= 15 is 0 Å². The molecule has 0 bridgehead atoms. The number of carbonyl (C=O) groups excluding carboxylic acids is 5. The van der Waals surface area contributed by atoms with Crippen molar-refractivity contribution in [2.75, 3.05) is 27.2 Å². The van der Waals surface area contributed by atoms with Gasteiger partial charge in [-0.1, -0.05) is 61.2 Å². The Morgan fingerprint density at radius 2 is 1.65 bits per heavy atom. The summed E-state index contributed by atoms with van der Waals surface area (Å²) in [5, 5.41) is 5.52. The fourth-order valence-electron chi connectivity index (χ4n) is 7.46. The van der Waals surface area contributed by atoms with E-state index < -0.39 is 93.3 Å². The van der Waals surface area contributed by atoms with Gasteiger partial charge in [0.2, 0.25) is 11.8 Å². The molecule has 1 aromatic heterocycles. The van der Waals surface area contributed by atoms with Crippen molar-refractivity contribution in [3.8, 4) is 22.8 Å². The average Bonchev–Trinajstić information content (AvgIpc) is 3.83. The van der Waals surface area contributed by atoms with Crippen LogP contribution in [-0.4, -0.2) is 116 Å². The number of sulfonamides is 1. The van der Waals surface area contributed by atoms with Gasteiger partial charge in [0.15, 0.2) is 0 Å². The van der Waals surface area contributed by atoms with Gasteiger partial charge in [0.25, 0.3) is 21.8 Å². The van der Waals surface area contributed by atoms with E-state index in [-0.39, 0.29) is 30.0 Å². The van der Waals surface area contributed by atoms with Gasteiger partial charge in [0.05, 0.1) is 36.3 Å². The van der Waals surface area contributed by atoms with Gasteiger partial charge in [-0.2, -0.15) is 13.2 Å². The smallest absolute Gasteiger partial charge is 0.421 e. The summed E-state index contributed by atoms with van der Waals surface area (Å²) in [6, 6.07) is 19.7. The maximum atomic E-state index is 14.8. The van der Waals surface area contributed by atoms with Crippen molar-refractivity contribution >= 4 is 50.6 Å². The minimum atomic E-state index is -5.12. The zero-order valence-electron chi connectivity index (χ0n) is 36.7. The molecular weight excluding hydrogens is 886 g/mol. The average molecular weight is 935 g/mol. The van der Waals surface area contributed by atoms with E-state index in [0.29, 0.717) is 27.2 Å². The number of methoxy groups -OCH3 is 1. The molecular formula is C46H49F3N6O10S. The summed E-state index contributed by atoms with van der Waals surface area (Å²) >= 11 is 0. The van der Waals surface area contributed by atoms with Crippen LogP contribution in [0.5, 0.6) is 11.5 Å². The Morgan fingerprint density at radius 3 is 2.24 bits per heavy atom. The Hall–Kier alpha value is -6.96. The predicted molar refractivity (Wildman–Crippen MR) is 235 cm³/mol. The molecule has 16 nitrogen and oxygen atoms in total. The molecule has 66 heavy (non-hydrogen) atoms. The van der Waals surface area contributed by atoms with Crippen molar-refractivity contribution in [3.63, 3.8) is 0 Å². The number of ether oxygens (including phenoxy) is 3. The Kier molecular flexibility index (Phi) is 13.9. The van der Waals surface area contributed by atoms with E-state index in [2.05, 4.69) is 23.8 Å². The van der Waals surface area contributed by atoms with Gasteiger partial charge in [-0.15, -0.1) is 6.58 Å². The molecule has 0 spiro atoms. The summed E-state index contributed by atoms with van der Waals surface area (Å²) in [6.45, 7) is 9.96. The first-order valence-corrected chi connectivity index (χ1v) is 22.0. The Morgan fingerprint density at radius 1 is 1.00 bits per heavy atom. The van der Waals surface area contributed by atoms with Crippen LogP contribution in [-0.2, 0) is 33.9 Å². The zero-order valence-corrected chi connectivity index (χ0v) is 37.5. The third kappa shape index (κ3) is 10.9. The maximum Gasteiger partial charge on any atom is 0.421 e. The standard InChI is InChI=1S/C46H49F3N6O10S/c1-8-29-24-45(29,42(59)53-66(61,62)32-17-13-10-14-18-32)52-39(56)37-22-31(64-38-23-34(28-15-11-9-12-16-28)50-35-21-30(63-7)19-20-33(35)38)25-55(37)41(58)36(51-43(60)65-44(3,4)5)26-54(6)40(57)27(2)46(47,48)49/h8-21,23,29,31,36-37H,1-2,22,24-26H2,3-7H3,(H,51,60)(H,52,56)(H,53,59)/t29-,31-,36+,37+,45-/m1/s1. The second-order valence-corrected chi connectivity index (χ2v) is 18.5. The Balaban J connectivity index is 1.38. The largest absolute Gasteiger partial charge is 0.497 e. The van der Waals surface area contributed by atoms with E-state index in [9.17, 15) is 45.6 Å². The van der Waals surface area contributed by atoms with Crippen LogP contribution < -0.4 is 24.8 Å². The highest BCUT2D eigenvalue weighted by atomic mass is 32.2. The molecule has 5 amide bonds. The molecule has 5 atom stereocenters. The Labute approximate surface area is 379 Å². The van der Waals surface area contributed by atoms with Crippen molar-refractivity contribution in [3.05, 3.63) is 110 Å². The molecule has 2 fully saturated rings. The molecule has 0 unspecified atom stereocenters. The number of amides is 5. The zero-order chi connectivity index (χ0) is 48.4. The van der Waals surface area contributed by atoms with E-state index in [1.807, 2.05) is 35.1 Å². The van der Waals surface area contributed by atoms with Gasteiger partial charge < -0.3 is 34.6 Å². The Bertz CT molecular complexity index is 2660. The van der Waals surface area contributed by atoms with Crippen LogP contribution in [0.1, 0.15) is 33.6 Å². The van der Waals surface area contributed by atoms with Crippen molar-refractivity contribution < 1.29 is 59.8 Å². The number of carbonyl (C=O) groups is 5. The number of aromatic nitrogens is 1. The topological polar surface area (TPSA) is 203 Å². The number of alkyl halides is 3. The van der Waals surface area contributed by atoms with E-state index in [4.69, 9.17) is 19.2 Å². The van der Waals surface area contributed by atoms with Gasteiger partial charge in [-0.25, -0.2) is 22.9 Å². The quantitative estimate of drug-likeness (QED) is 0.103. The number of likely N-dealkylation sites (N-methyl/N-ethyl adjacent to an activating group) is 1. The summed E-state index contributed by atoms with van der Waals surface area (Å²) in [5.41, 5.74) is -2.97. The number of rotatable bonds is 15. The summed E-state index contributed by atoms with van der Waals surface area (Å²) in [6.07, 6.45) is -6.25. The number of benzene rings is 3. The minimum absolute atomic E-state index is 0.0630. The second kappa shape index (κ2) is 18.9. The van der Waals surface area contributed by atoms with Gasteiger partial charge in [-0.3, -0.25) is 19.2 Å². The number of pyridine rings is 1. The number of fused-ring (bicyclic) bond motifs is 1. The fraction of sp³-hybridized carbons (Fsp3) is 0.348. The van der Waals surface area contributed by atoms with E-state index in [0.717, 1.165) is 17.5 Å². The number of alkyl carbamates (subject to hydrolysis) is 1.